The third-order valence-electron chi connectivity index (χ3n) is 4.36. The van der Waals surface area contributed by atoms with E-state index in [4.69, 9.17) is 4.74 Å². The molecule has 0 atom stereocenters. The van der Waals surface area contributed by atoms with Gasteiger partial charge in [-0.05, 0) is 79.6 Å². The first kappa shape index (κ1) is 20.1. The summed E-state index contributed by atoms with van der Waals surface area (Å²) in [5.74, 6) is -0.454. The zero-order valence-corrected chi connectivity index (χ0v) is 16.2. The number of aryl methyl sites for hydroxylation is 2. The second kappa shape index (κ2) is 9.01. The Labute approximate surface area is 168 Å². The van der Waals surface area contributed by atoms with Gasteiger partial charge in [-0.2, -0.15) is 0 Å². The van der Waals surface area contributed by atoms with E-state index < -0.39 is 0 Å². The zero-order valence-electron chi connectivity index (χ0n) is 16.2. The predicted molar refractivity (Wildman–Crippen MR) is 111 cm³/mol. The van der Waals surface area contributed by atoms with E-state index >= 15 is 0 Å². The summed E-state index contributed by atoms with van der Waals surface area (Å²) in [4.78, 5) is 24.5. The summed E-state index contributed by atoms with van der Waals surface area (Å²) in [6, 6.07) is 17.6. The van der Waals surface area contributed by atoms with Gasteiger partial charge in [0.1, 0.15) is 11.6 Å². The third-order valence-corrected chi connectivity index (χ3v) is 4.36. The number of carbonyl (C=O) groups excluding carboxylic acids is 2. The lowest BCUT2D eigenvalue weighted by Crippen LogP contribution is -2.20. The SMILES string of the molecule is Cc1ccc(OCC(=O)Nc2cccc(C(=O)Nc3ccc(F)cc3)c2)cc1C. The minimum Gasteiger partial charge on any atom is -0.484 e. The zero-order chi connectivity index (χ0) is 20.8. The lowest BCUT2D eigenvalue weighted by Gasteiger charge is -2.10. The summed E-state index contributed by atoms with van der Waals surface area (Å²) in [7, 11) is 0. The minimum atomic E-state index is -0.379. The average Bonchev–Trinajstić information content (AvgIpc) is 2.71. The lowest BCUT2D eigenvalue weighted by atomic mass is 10.1. The van der Waals surface area contributed by atoms with Crippen LogP contribution in [0.15, 0.2) is 66.7 Å². The molecule has 0 fully saturated rings. The summed E-state index contributed by atoms with van der Waals surface area (Å²) in [5, 5.41) is 5.39. The number of halogens is 1. The Kier molecular flexibility index (Phi) is 6.24. The van der Waals surface area contributed by atoms with Crippen LogP contribution in [0.2, 0.25) is 0 Å². The lowest BCUT2D eigenvalue weighted by molar-refractivity contribution is -0.118. The molecule has 0 heterocycles. The van der Waals surface area contributed by atoms with Crippen LogP contribution in [0, 0.1) is 19.7 Å². The van der Waals surface area contributed by atoms with Gasteiger partial charge in [0.05, 0.1) is 0 Å². The van der Waals surface area contributed by atoms with Crippen LogP contribution in [-0.2, 0) is 4.79 Å². The Bertz CT molecular complexity index is 1030. The fourth-order valence-corrected chi connectivity index (χ4v) is 2.62. The van der Waals surface area contributed by atoms with Gasteiger partial charge in [-0.1, -0.05) is 12.1 Å². The summed E-state index contributed by atoms with van der Waals surface area (Å²) in [6.45, 7) is 3.84. The van der Waals surface area contributed by atoms with Crippen LogP contribution in [0.4, 0.5) is 15.8 Å². The maximum absolute atomic E-state index is 13.0. The summed E-state index contributed by atoms with van der Waals surface area (Å²) in [5.41, 5.74) is 3.56. The molecule has 29 heavy (non-hydrogen) atoms. The fourth-order valence-electron chi connectivity index (χ4n) is 2.62. The number of hydrogen-bond donors (Lipinski definition) is 2. The highest BCUT2D eigenvalue weighted by atomic mass is 19.1. The van der Waals surface area contributed by atoms with Gasteiger partial charge in [0.15, 0.2) is 6.61 Å². The van der Waals surface area contributed by atoms with E-state index in [0.717, 1.165) is 11.1 Å². The molecule has 3 aromatic rings. The number of carbonyl (C=O) groups is 2. The fraction of sp³-hybridized carbons (Fsp3) is 0.130. The number of ether oxygens (including phenoxy) is 1. The van der Waals surface area contributed by atoms with Gasteiger partial charge in [-0.3, -0.25) is 9.59 Å². The van der Waals surface area contributed by atoms with E-state index in [2.05, 4.69) is 10.6 Å². The van der Waals surface area contributed by atoms with Gasteiger partial charge in [0.2, 0.25) is 0 Å². The van der Waals surface area contributed by atoms with Crippen LogP contribution in [0.1, 0.15) is 21.5 Å². The number of nitrogens with one attached hydrogen (secondary N) is 2. The molecule has 0 spiro atoms. The molecule has 0 saturated heterocycles. The Hall–Kier alpha value is -3.67. The first-order valence-corrected chi connectivity index (χ1v) is 9.07. The maximum atomic E-state index is 13.0. The Morgan fingerprint density at radius 1 is 0.862 bits per heavy atom. The van der Waals surface area contributed by atoms with Crippen LogP contribution >= 0.6 is 0 Å². The minimum absolute atomic E-state index is 0.144. The van der Waals surface area contributed by atoms with E-state index in [0.29, 0.717) is 22.7 Å². The Morgan fingerprint density at radius 2 is 1.62 bits per heavy atom. The van der Waals surface area contributed by atoms with Gasteiger partial charge in [0, 0.05) is 16.9 Å². The van der Waals surface area contributed by atoms with E-state index in [1.807, 2.05) is 32.0 Å². The smallest absolute Gasteiger partial charge is 0.262 e. The Morgan fingerprint density at radius 3 is 2.34 bits per heavy atom. The molecule has 148 valence electrons. The van der Waals surface area contributed by atoms with Crippen molar-refractivity contribution in [2.45, 2.75) is 13.8 Å². The molecule has 2 N–H and O–H groups in total. The number of rotatable bonds is 6. The van der Waals surface area contributed by atoms with Crippen molar-refractivity contribution in [1.82, 2.24) is 0 Å². The molecule has 0 aliphatic rings. The van der Waals surface area contributed by atoms with E-state index in [1.54, 1.807) is 24.3 Å². The van der Waals surface area contributed by atoms with Crippen LogP contribution < -0.4 is 15.4 Å². The molecule has 3 rings (SSSR count). The number of amides is 2. The first-order valence-electron chi connectivity index (χ1n) is 9.07. The molecule has 0 aromatic heterocycles. The molecule has 5 nitrogen and oxygen atoms in total. The van der Waals surface area contributed by atoms with Gasteiger partial charge in [0.25, 0.3) is 11.8 Å². The van der Waals surface area contributed by atoms with E-state index in [-0.39, 0.29) is 24.2 Å². The highest BCUT2D eigenvalue weighted by molar-refractivity contribution is 6.05. The molecule has 2 amide bonds. The normalized spacial score (nSPS) is 10.3. The quantitative estimate of drug-likeness (QED) is 0.638. The highest BCUT2D eigenvalue weighted by Crippen LogP contribution is 2.17. The van der Waals surface area contributed by atoms with Crippen LogP contribution in [0.3, 0.4) is 0 Å². The molecule has 0 saturated carbocycles. The van der Waals surface area contributed by atoms with Crippen molar-refractivity contribution in [3.05, 3.63) is 89.2 Å². The molecular weight excluding hydrogens is 371 g/mol. The van der Waals surface area contributed by atoms with Crippen molar-refractivity contribution in [2.75, 3.05) is 17.2 Å². The standard InChI is InChI=1S/C23H21FN2O3/c1-15-6-11-21(12-16(15)2)29-14-22(27)25-20-5-3-4-17(13-20)23(28)26-19-9-7-18(24)8-10-19/h3-13H,14H2,1-2H3,(H,25,27)(H,26,28). The topological polar surface area (TPSA) is 67.4 Å². The summed E-state index contributed by atoms with van der Waals surface area (Å²) in [6.07, 6.45) is 0. The Balaban J connectivity index is 1.58. The number of benzene rings is 3. The van der Waals surface area contributed by atoms with Gasteiger partial charge < -0.3 is 15.4 Å². The second-order valence-electron chi connectivity index (χ2n) is 6.62. The van der Waals surface area contributed by atoms with Gasteiger partial charge in [-0.15, -0.1) is 0 Å². The molecule has 6 heteroatoms. The van der Waals surface area contributed by atoms with Crippen molar-refractivity contribution >= 4 is 23.2 Å². The highest BCUT2D eigenvalue weighted by Gasteiger charge is 2.09. The second-order valence-corrected chi connectivity index (χ2v) is 6.62. The van der Waals surface area contributed by atoms with Crippen LogP contribution in [-0.4, -0.2) is 18.4 Å². The number of anilines is 2. The first-order chi connectivity index (χ1) is 13.9. The van der Waals surface area contributed by atoms with Crippen molar-refractivity contribution in [3.63, 3.8) is 0 Å². The summed E-state index contributed by atoms with van der Waals surface area (Å²) >= 11 is 0. The van der Waals surface area contributed by atoms with Crippen LogP contribution in [0.5, 0.6) is 5.75 Å². The molecule has 3 aromatic carbocycles. The van der Waals surface area contributed by atoms with Crippen molar-refractivity contribution < 1.29 is 18.7 Å². The average molecular weight is 392 g/mol. The summed E-state index contributed by atoms with van der Waals surface area (Å²) < 4.78 is 18.5. The predicted octanol–water partition coefficient (Wildman–Crippen LogP) is 4.71. The molecule has 0 bridgehead atoms. The van der Waals surface area contributed by atoms with E-state index in [1.165, 1.54) is 24.3 Å². The number of hydrogen-bond acceptors (Lipinski definition) is 3. The van der Waals surface area contributed by atoms with Crippen molar-refractivity contribution in [2.24, 2.45) is 0 Å². The van der Waals surface area contributed by atoms with Crippen molar-refractivity contribution in [1.29, 1.82) is 0 Å². The van der Waals surface area contributed by atoms with Gasteiger partial charge in [-0.25, -0.2) is 4.39 Å². The maximum Gasteiger partial charge on any atom is 0.262 e. The largest absolute Gasteiger partial charge is 0.484 e. The van der Waals surface area contributed by atoms with Crippen LogP contribution in [0.25, 0.3) is 0 Å². The van der Waals surface area contributed by atoms with E-state index in [9.17, 15) is 14.0 Å². The molecule has 0 aliphatic heterocycles. The van der Waals surface area contributed by atoms with Gasteiger partial charge >= 0.3 is 0 Å². The molecule has 0 unspecified atom stereocenters. The molecule has 0 radical (unpaired) electrons. The monoisotopic (exact) mass is 392 g/mol. The third kappa shape index (κ3) is 5.65. The molecule has 0 aliphatic carbocycles. The molecular formula is C23H21FN2O3. The van der Waals surface area contributed by atoms with Crippen molar-refractivity contribution in [3.8, 4) is 5.75 Å².